The maximum atomic E-state index is 14.0. The van der Waals surface area contributed by atoms with Crippen LogP contribution in [0.5, 0.6) is 0 Å². The second-order valence-electron chi connectivity index (χ2n) is 4.52. The zero-order valence-electron chi connectivity index (χ0n) is 11.6. The normalized spacial score (nSPS) is 10.6. The fourth-order valence-corrected chi connectivity index (χ4v) is 3.84. The summed E-state index contributed by atoms with van der Waals surface area (Å²) in [6, 6.07) is 4.54. The number of rotatable bonds is 2. The van der Waals surface area contributed by atoms with Gasteiger partial charge < -0.3 is 0 Å². The predicted octanol–water partition coefficient (Wildman–Crippen LogP) is 5.07. The van der Waals surface area contributed by atoms with E-state index in [0.29, 0.717) is 16.7 Å². The Morgan fingerprint density at radius 3 is 2.68 bits per heavy atom. The number of hydrogen-bond donors (Lipinski definition) is 0. The number of aromatic nitrogens is 3. The van der Waals surface area contributed by atoms with Crippen LogP contribution in [0.15, 0.2) is 28.1 Å². The Morgan fingerprint density at radius 2 is 2.09 bits per heavy atom. The van der Waals surface area contributed by atoms with Crippen LogP contribution in [0.2, 0.25) is 5.02 Å². The molecule has 0 aliphatic heterocycles. The van der Waals surface area contributed by atoms with E-state index in [1.807, 2.05) is 12.3 Å². The van der Waals surface area contributed by atoms with Gasteiger partial charge in [0.15, 0.2) is 11.6 Å². The topological polar surface area (TPSA) is 30.7 Å². The van der Waals surface area contributed by atoms with Gasteiger partial charge in [-0.15, -0.1) is 11.3 Å². The molecule has 0 unspecified atom stereocenters. The first-order valence-electron chi connectivity index (χ1n) is 6.08. The van der Waals surface area contributed by atoms with Crippen LogP contribution in [0.4, 0.5) is 4.39 Å². The zero-order chi connectivity index (χ0) is 15.1. The van der Waals surface area contributed by atoms with Gasteiger partial charge in [-0.1, -0.05) is 17.7 Å². The van der Waals surface area contributed by atoms with Crippen molar-refractivity contribution in [1.82, 2.24) is 14.8 Å². The molecule has 0 fully saturated rings. The third kappa shape index (κ3) is 3.03. The summed E-state index contributed by atoms with van der Waals surface area (Å²) < 4.78 is 16.7. The molecule has 3 rings (SSSR count). The monoisotopic (exact) mass is 436 g/mol. The van der Waals surface area contributed by atoms with Crippen molar-refractivity contribution in [3.63, 3.8) is 0 Å². The van der Waals surface area contributed by atoms with E-state index in [2.05, 4.69) is 26.0 Å². The molecule has 1 aromatic carbocycles. The molecule has 0 aliphatic rings. The zero-order valence-corrected chi connectivity index (χ0v) is 16.2. The van der Waals surface area contributed by atoms with E-state index in [-0.39, 0.29) is 24.1 Å². The number of hydrogen-bond acceptors (Lipinski definition) is 3. The molecule has 0 N–H and O–H groups in total. The molecule has 113 valence electrons. The van der Waals surface area contributed by atoms with E-state index in [4.69, 9.17) is 11.6 Å². The van der Waals surface area contributed by atoms with Crippen molar-refractivity contribution in [3.05, 3.63) is 44.5 Å². The molecule has 3 nitrogen and oxygen atoms in total. The first kappa shape index (κ1) is 17.7. The summed E-state index contributed by atoms with van der Waals surface area (Å²) in [5.41, 5.74) is 1.32. The van der Waals surface area contributed by atoms with Crippen molar-refractivity contribution in [3.8, 4) is 22.1 Å². The second-order valence-corrected chi connectivity index (χ2v) is 6.66. The SMILES string of the molecule is Cc1c(Br)csc1-c1nc(-c2c(F)cccc2Cl)nn1C.[V]. The van der Waals surface area contributed by atoms with Gasteiger partial charge in [-0.25, -0.2) is 14.1 Å². The van der Waals surface area contributed by atoms with Gasteiger partial charge in [-0.05, 0) is 40.5 Å². The number of benzene rings is 1. The average Bonchev–Trinajstić information content (AvgIpc) is 2.94. The van der Waals surface area contributed by atoms with Crippen molar-refractivity contribution >= 4 is 38.9 Å². The molecular weight excluding hydrogens is 428 g/mol. The molecule has 0 spiro atoms. The summed E-state index contributed by atoms with van der Waals surface area (Å²) in [5.74, 6) is 0.556. The maximum Gasteiger partial charge on any atom is 0.186 e. The number of nitrogens with zero attached hydrogens (tertiary/aromatic N) is 3. The molecule has 2 heterocycles. The van der Waals surface area contributed by atoms with E-state index in [0.717, 1.165) is 14.9 Å². The van der Waals surface area contributed by atoms with Crippen LogP contribution in [0.1, 0.15) is 5.56 Å². The summed E-state index contributed by atoms with van der Waals surface area (Å²) in [6.07, 6.45) is 0. The van der Waals surface area contributed by atoms with Crippen LogP contribution in [-0.2, 0) is 25.6 Å². The van der Waals surface area contributed by atoms with Crippen LogP contribution in [0, 0.1) is 12.7 Å². The quantitative estimate of drug-likeness (QED) is 0.560. The Hall–Kier alpha value is -0.656. The number of halogens is 3. The van der Waals surface area contributed by atoms with Gasteiger partial charge in [0.1, 0.15) is 5.82 Å². The first-order valence-corrected chi connectivity index (χ1v) is 8.13. The van der Waals surface area contributed by atoms with Crippen molar-refractivity contribution in [1.29, 1.82) is 0 Å². The van der Waals surface area contributed by atoms with Crippen LogP contribution in [0.25, 0.3) is 22.1 Å². The van der Waals surface area contributed by atoms with Crippen LogP contribution < -0.4 is 0 Å². The van der Waals surface area contributed by atoms with E-state index in [9.17, 15) is 4.39 Å². The summed E-state index contributed by atoms with van der Waals surface area (Å²) in [7, 11) is 1.79. The Balaban J connectivity index is 0.00000176. The molecule has 0 saturated carbocycles. The molecule has 3 aromatic rings. The minimum atomic E-state index is -0.427. The Bertz CT molecular complexity index is 813. The number of thiophene rings is 1. The third-order valence-corrected chi connectivity index (χ3v) is 5.65. The van der Waals surface area contributed by atoms with Gasteiger partial charge in [0.2, 0.25) is 0 Å². The van der Waals surface area contributed by atoms with Gasteiger partial charge in [0.25, 0.3) is 0 Å². The van der Waals surface area contributed by atoms with E-state index >= 15 is 0 Å². The van der Waals surface area contributed by atoms with E-state index in [1.165, 1.54) is 6.07 Å². The molecule has 0 amide bonds. The predicted molar refractivity (Wildman–Crippen MR) is 87.2 cm³/mol. The Kier molecular flexibility index (Phi) is 5.51. The fraction of sp³-hybridized carbons (Fsp3) is 0.143. The molecule has 1 radical (unpaired) electrons. The molecule has 0 saturated heterocycles. The molecule has 2 aromatic heterocycles. The minimum Gasteiger partial charge on any atom is -0.248 e. The van der Waals surface area contributed by atoms with Crippen molar-refractivity contribution in [2.24, 2.45) is 7.05 Å². The van der Waals surface area contributed by atoms with Gasteiger partial charge in [0.05, 0.1) is 15.5 Å². The minimum absolute atomic E-state index is 0. The second kappa shape index (κ2) is 6.85. The summed E-state index contributed by atoms with van der Waals surface area (Å²) in [6.45, 7) is 2.00. The maximum absolute atomic E-state index is 14.0. The first-order chi connectivity index (χ1) is 9.99. The van der Waals surface area contributed by atoms with Gasteiger partial charge in [-0.2, -0.15) is 5.10 Å². The Morgan fingerprint density at radius 1 is 1.36 bits per heavy atom. The third-order valence-electron chi connectivity index (χ3n) is 3.13. The van der Waals surface area contributed by atoms with Crippen LogP contribution in [-0.4, -0.2) is 14.8 Å². The molecule has 0 atom stereocenters. The summed E-state index contributed by atoms with van der Waals surface area (Å²) >= 11 is 11.1. The van der Waals surface area contributed by atoms with E-state index in [1.54, 1.807) is 35.2 Å². The molecule has 0 bridgehead atoms. The molecule has 8 heteroatoms. The smallest absolute Gasteiger partial charge is 0.186 e. The van der Waals surface area contributed by atoms with Gasteiger partial charge in [0, 0.05) is 35.5 Å². The average molecular weight is 438 g/mol. The van der Waals surface area contributed by atoms with Crippen LogP contribution >= 0.6 is 38.9 Å². The van der Waals surface area contributed by atoms with Gasteiger partial charge in [-0.3, -0.25) is 0 Å². The van der Waals surface area contributed by atoms with Crippen molar-refractivity contribution < 1.29 is 22.9 Å². The largest absolute Gasteiger partial charge is 0.248 e. The molecular formula is C14H10BrClFN3SV. The van der Waals surface area contributed by atoms with Crippen molar-refractivity contribution in [2.45, 2.75) is 6.92 Å². The molecule has 0 aliphatic carbocycles. The molecule has 22 heavy (non-hydrogen) atoms. The van der Waals surface area contributed by atoms with Crippen LogP contribution in [0.3, 0.4) is 0 Å². The fourth-order valence-electron chi connectivity index (χ4n) is 2.02. The van der Waals surface area contributed by atoms with E-state index < -0.39 is 5.82 Å². The van der Waals surface area contributed by atoms with Gasteiger partial charge >= 0.3 is 0 Å². The van der Waals surface area contributed by atoms with Crippen molar-refractivity contribution in [2.75, 3.05) is 0 Å². The number of aryl methyl sites for hydroxylation is 1. The summed E-state index contributed by atoms with van der Waals surface area (Å²) in [5, 5.41) is 6.60. The standard InChI is InChI=1S/C14H10BrClFN3S.V/c1-7-8(15)6-21-12(7)14-18-13(19-20(14)2)11-9(16)4-3-5-10(11)17;/h3-6H,1-2H3;. The summed E-state index contributed by atoms with van der Waals surface area (Å²) in [4.78, 5) is 5.46. The Labute approximate surface area is 156 Å².